The summed E-state index contributed by atoms with van der Waals surface area (Å²) in [6.45, 7) is 2.25. The van der Waals surface area contributed by atoms with Crippen LogP contribution in [0, 0.1) is 0 Å². The van der Waals surface area contributed by atoms with Gasteiger partial charge in [0.1, 0.15) is 0 Å². The topological polar surface area (TPSA) is 32.3 Å². The molecular formula is C28H43NO. The Morgan fingerprint density at radius 2 is 1.17 bits per heavy atom. The summed E-state index contributed by atoms with van der Waals surface area (Å²) in [6, 6.07) is 19.2. The maximum Gasteiger partial charge on any atom is 0.0540 e. The molecule has 1 atom stereocenters. The third-order valence-electron chi connectivity index (χ3n) is 5.91. The van der Waals surface area contributed by atoms with Crippen molar-refractivity contribution in [2.45, 2.75) is 103 Å². The van der Waals surface area contributed by atoms with E-state index in [9.17, 15) is 5.11 Å². The van der Waals surface area contributed by atoms with E-state index in [2.05, 4.69) is 60.8 Å². The van der Waals surface area contributed by atoms with Gasteiger partial charge in [0.2, 0.25) is 0 Å². The van der Waals surface area contributed by atoms with E-state index >= 15 is 0 Å². The lowest BCUT2D eigenvalue weighted by Gasteiger charge is -2.10. The Balaban J connectivity index is 1.44. The second kappa shape index (κ2) is 16.0. The number of anilines is 2. The lowest BCUT2D eigenvalue weighted by atomic mass is 10.0. The molecule has 2 rings (SSSR count). The molecule has 0 aromatic heterocycles. The number of hydrogen-bond donors (Lipinski definition) is 2. The van der Waals surface area contributed by atoms with E-state index in [1.54, 1.807) is 0 Å². The maximum atomic E-state index is 10.1. The van der Waals surface area contributed by atoms with Crippen molar-refractivity contribution in [3.63, 3.8) is 0 Å². The number of aliphatic hydroxyl groups is 1. The molecule has 0 amide bonds. The first-order chi connectivity index (χ1) is 14.8. The van der Waals surface area contributed by atoms with Gasteiger partial charge in [0.25, 0.3) is 0 Å². The van der Waals surface area contributed by atoms with Crippen molar-refractivity contribution in [3.8, 4) is 0 Å². The Morgan fingerprint density at radius 1 is 0.633 bits per heavy atom. The summed E-state index contributed by atoms with van der Waals surface area (Å²) in [6.07, 6.45) is 17.2. The zero-order chi connectivity index (χ0) is 21.3. The Bertz CT molecular complexity index is 637. The van der Waals surface area contributed by atoms with Gasteiger partial charge >= 0.3 is 0 Å². The molecule has 2 heteroatoms. The van der Waals surface area contributed by atoms with Gasteiger partial charge in [-0.15, -0.1) is 0 Å². The molecule has 166 valence electrons. The van der Waals surface area contributed by atoms with E-state index in [1.807, 2.05) is 6.07 Å². The molecule has 0 radical (unpaired) electrons. The van der Waals surface area contributed by atoms with Crippen LogP contribution in [0.3, 0.4) is 0 Å². The third kappa shape index (κ3) is 11.4. The Kier molecular flexibility index (Phi) is 13.0. The number of aliphatic hydroxyl groups excluding tert-OH is 1. The van der Waals surface area contributed by atoms with Gasteiger partial charge in [-0.2, -0.15) is 0 Å². The number of benzene rings is 2. The molecule has 1 unspecified atom stereocenters. The summed E-state index contributed by atoms with van der Waals surface area (Å²) in [5.74, 6) is 0. The predicted octanol–water partition coefficient (Wildman–Crippen LogP) is 8.42. The highest BCUT2D eigenvalue weighted by atomic mass is 16.3. The van der Waals surface area contributed by atoms with Gasteiger partial charge in [0.05, 0.1) is 6.10 Å². The lowest BCUT2D eigenvalue weighted by Crippen LogP contribution is -2.05. The zero-order valence-corrected chi connectivity index (χ0v) is 19.1. The summed E-state index contributed by atoms with van der Waals surface area (Å²) >= 11 is 0. The molecule has 2 N–H and O–H groups in total. The van der Waals surface area contributed by atoms with Crippen molar-refractivity contribution in [1.82, 2.24) is 0 Å². The average Bonchev–Trinajstić information content (AvgIpc) is 2.77. The van der Waals surface area contributed by atoms with Gasteiger partial charge in [0.15, 0.2) is 0 Å². The van der Waals surface area contributed by atoms with Crippen LogP contribution in [0.4, 0.5) is 11.4 Å². The molecule has 0 saturated carbocycles. The molecule has 0 aliphatic heterocycles. The molecule has 0 fully saturated rings. The average molecular weight is 410 g/mol. The minimum atomic E-state index is -0.0639. The molecule has 0 aliphatic rings. The number of rotatable bonds is 17. The van der Waals surface area contributed by atoms with Crippen LogP contribution in [0.15, 0.2) is 54.6 Å². The van der Waals surface area contributed by atoms with Gasteiger partial charge in [-0.05, 0) is 55.5 Å². The lowest BCUT2D eigenvalue weighted by molar-refractivity contribution is 0.147. The largest absolute Gasteiger partial charge is 0.393 e. The van der Waals surface area contributed by atoms with Gasteiger partial charge in [0, 0.05) is 11.4 Å². The summed E-state index contributed by atoms with van der Waals surface area (Å²) in [5.41, 5.74) is 3.70. The summed E-state index contributed by atoms with van der Waals surface area (Å²) in [7, 11) is 0. The molecule has 2 nitrogen and oxygen atoms in total. The first-order valence-electron chi connectivity index (χ1n) is 12.4. The highest BCUT2D eigenvalue weighted by molar-refractivity contribution is 5.59. The second-order valence-corrected chi connectivity index (χ2v) is 8.70. The quantitative estimate of drug-likeness (QED) is 0.257. The Morgan fingerprint density at radius 3 is 1.80 bits per heavy atom. The van der Waals surface area contributed by atoms with E-state index in [4.69, 9.17) is 0 Å². The Labute approximate surface area is 185 Å². The highest BCUT2D eigenvalue weighted by Crippen LogP contribution is 2.18. The van der Waals surface area contributed by atoms with Gasteiger partial charge in [-0.3, -0.25) is 0 Å². The fourth-order valence-corrected chi connectivity index (χ4v) is 3.99. The first-order valence-corrected chi connectivity index (χ1v) is 12.4. The molecule has 2 aromatic carbocycles. The van der Waals surface area contributed by atoms with E-state index in [0.29, 0.717) is 0 Å². The number of para-hydroxylation sites is 1. The summed E-state index contributed by atoms with van der Waals surface area (Å²) in [5, 5.41) is 13.5. The van der Waals surface area contributed by atoms with Crippen LogP contribution in [0.5, 0.6) is 0 Å². The summed E-state index contributed by atoms with van der Waals surface area (Å²) < 4.78 is 0. The monoisotopic (exact) mass is 409 g/mol. The van der Waals surface area contributed by atoms with E-state index in [1.165, 1.54) is 82.6 Å². The van der Waals surface area contributed by atoms with Crippen molar-refractivity contribution in [3.05, 3.63) is 60.2 Å². The van der Waals surface area contributed by atoms with Gasteiger partial charge in [-0.25, -0.2) is 0 Å². The summed E-state index contributed by atoms with van der Waals surface area (Å²) in [4.78, 5) is 0. The predicted molar refractivity (Wildman–Crippen MR) is 132 cm³/mol. The van der Waals surface area contributed by atoms with Crippen molar-refractivity contribution < 1.29 is 5.11 Å². The zero-order valence-electron chi connectivity index (χ0n) is 19.1. The van der Waals surface area contributed by atoms with Crippen LogP contribution in [-0.2, 0) is 6.42 Å². The second-order valence-electron chi connectivity index (χ2n) is 8.70. The van der Waals surface area contributed by atoms with Crippen molar-refractivity contribution >= 4 is 11.4 Å². The fourth-order valence-electron chi connectivity index (χ4n) is 3.99. The molecule has 0 saturated heterocycles. The number of unbranched alkanes of at least 4 members (excludes halogenated alkanes) is 9. The number of hydrogen-bond acceptors (Lipinski definition) is 2. The van der Waals surface area contributed by atoms with Crippen molar-refractivity contribution in [1.29, 1.82) is 0 Å². The molecule has 30 heavy (non-hydrogen) atoms. The molecule has 0 bridgehead atoms. The molecule has 0 spiro atoms. The minimum Gasteiger partial charge on any atom is -0.393 e. The maximum absolute atomic E-state index is 10.1. The van der Waals surface area contributed by atoms with Crippen LogP contribution in [-0.4, -0.2) is 11.2 Å². The van der Waals surface area contributed by atoms with Crippen LogP contribution in [0.25, 0.3) is 0 Å². The van der Waals surface area contributed by atoms with Crippen molar-refractivity contribution in [2.24, 2.45) is 0 Å². The third-order valence-corrected chi connectivity index (χ3v) is 5.91. The SMILES string of the molecule is CCCCCCCC(O)CCCCCCCCc1ccc(Nc2ccccc2)cc1. The number of nitrogens with one attached hydrogen (secondary N) is 1. The first kappa shape index (κ1) is 24.5. The highest BCUT2D eigenvalue weighted by Gasteiger charge is 2.03. The van der Waals surface area contributed by atoms with Crippen LogP contribution < -0.4 is 5.32 Å². The number of aryl methyl sites for hydroxylation is 1. The Hall–Kier alpha value is -1.80. The smallest absolute Gasteiger partial charge is 0.0540 e. The molecule has 2 aromatic rings. The molecular weight excluding hydrogens is 366 g/mol. The molecule has 0 aliphatic carbocycles. The van der Waals surface area contributed by atoms with Crippen molar-refractivity contribution in [2.75, 3.05) is 5.32 Å². The molecule has 0 heterocycles. The fraction of sp³-hybridized carbons (Fsp3) is 0.571. The van der Waals surface area contributed by atoms with E-state index < -0.39 is 0 Å². The van der Waals surface area contributed by atoms with Crippen LogP contribution in [0.2, 0.25) is 0 Å². The van der Waals surface area contributed by atoms with Gasteiger partial charge < -0.3 is 10.4 Å². The van der Waals surface area contributed by atoms with Crippen LogP contribution >= 0.6 is 0 Å². The van der Waals surface area contributed by atoms with Gasteiger partial charge in [-0.1, -0.05) is 101 Å². The standard InChI is InChI=1S/C28H43NO/c1-2-3-4-7-14-19-28(30)20-15-9-6-5-8-11-16-25-21-23-27(24-22-25)29-26-17-12-10-13-18-26/h10,12-13,17-18,21-24,28-30H,2-9,11,14-16,19-20H2,1H3. The van der Waals surface area contributed by atoms with E-state index in [0.717, 1.165) is 24.2 Å². The minimum absolute atomic E-state index is 0.0639. The van der Waals surface area contributed by atoms with E-state index in [-0.39, 0.29) is 6.10 Å². The normalized spacial score (nSPS) is 12.1. The van der Waals surface area contributed by atoms with Crippen LogP contribution in [0.1, 0.15) is 96.0 Å².